The molecule has 0 unspecified atom stereocenters. The first-order valence-electron chi connectivity index (χ1n) is 8.66. The van der Waals surface area contributed by atoms with E-state index in [4.69, 9.17) is 18.9 Å². The molecule has 1 N–H and O–H groups in total. The average molecular weight is 347 g/mol. The minimum atomic E-state index is -0.167. The van der Waals surface area contributed by atoms with Crippen LogP contribution in [-0.2, 0) is 9.47 Å². The van der Waals surface area contributed by atoms with Crippen molar-refractivity contribution in [2.75, 3.05) is 33.0 Å². The molecule has 1 amide bonds. The standard InChI is InChI=1S/C19H25NO5/c1-13(2)5-8-23-16-6-7-22-12-15(16)20-19(21)14-3-4-17-18(11-14)25-10-9-24-17/h3-5,11,15-16H,6-10,12H2,1-2H3,(H,20,21)/t15-,16+/m0/s1. The number of rotatable bonds is 5. The average Bonchev–Trinajstić information content (AvgIpc) is 2.62. The second kappa shape index (κ2) is 8.36. The van der Waals surface area contributed by atoms with Gasteiger partial charge in [-0.05, 0) is 38.5 Å². The highest BCUT2D eigenvalue weighted by atomic mass is 16.6. The highest BCUT2D eigenvalue weighted by Crippen LogP contribution is 2.30. The van der Waals surface area contributed by atoms with E-state index >= 15 is 0 Å². The Bertz CT molecular complexity index is 639. The van der Waals surface area contributed by atoms with Gasteiger partial charge in [0, 0.05) is 12.2 Å². The van der Waals surface area contributed by atoms with Crippen molar-refractivity contribution in [3.63, 3.8) is 0 Å². The molecule has 136 valence electrons. The first kappa shape index (κ1) is 17.8. The predicted octanol–water partition coefficient (Wildman–Crippen LogP) is 2.33. The Labute approximate surface area is 148 Å². The van der Waals surface area contributed by atoms with E-state index in [1.807, 2.05) is 19.9 Å². The number of hydrogen-bond donors (Lipinski definition) is 1. The molecule has 0 spiro atoms. The van der Waals surface area contributed by atoms with Crippen LogP contribution in [-0.4, -0.2) is 51.1 Å². The molecule has 0 saturated carbocycles. The summed E-state index contributed by atoms with van der Waals surface area (Å²) in [4.78, 5) is 12.6. The fourth-order valence-electron chi connectivity index (χ4n) is 2.83. The van der Waals surface area contributed by atoms with E-state index in [1.54, 1.807) is 18.2 Å². The maximum atomic E-state index is 12.6. The van der Waals surface area contributed by atoms with Crippen LogP contribution < -0.4 is 14.8 Å². The van der Waals surface area contributed by atoms with Gasteiger partial charge in [-0.3, -0.25) is 4.79 Å². The molecule has 1 saturated heterocycles. The highest BCUT2D eigenvalue weighted by Gasteiger charge is 2.28. The topological polar surface area (TPSA) is 66.0 Å². The van der Waals surface area contributed by atoms with Crippen molar-refractivity contribution in [3.8, 4) is 11.5 Å². The molecule has 2 heterocycles. The lowest BCUT2D eigenvalue weighted by Crippen LogP contribution is -2.50. The number of carbonyl (C=O) groups excluding carboxylic acids is 1. The van der Waals surface area contributed by atoms with Gasteiger partial charge in [-0.2, -0.15) is 0 Å². The first-order chi connectivity index (χ1) is 12.1. The molecule has 1 aromatic carbocycles. The maximum absolute atomic E-state index is 12.6. The van der Waals surface area contributed by atoms with Crippen LogP contribution in [0.4, 0.5) is 0 Å². The smallest absolute Gasteiger partial charge is 0.251 e. The van der Waals surface area contributed by atoms with Crippen LogP contribution in [0.3, 0.4) is 0 Å². The summed E-state index contributed by atoms with van der Waals surface area (Å²) in [5.41, 5.74) is 1.75. The number of hydrogen-bond acceptors (Lipinski definition) is 5. The van der Waals surface area contributed by atoms with Crippen LogP contribution in [0.5, 0.6) is 11.5 Å². The fourth-order valence-corrected chi connectivity index (χ4v) is 2.83. The van der Waals surface area contributed by atoms with Crippen molar-refractivity contribution in [2.45, 2.75) is 32.4 Å². The molecule has 6 heteroatoms. The zero-order valence-electron chi connectivity index (χ0n) is 14.7. The van der Waals surface area contributed by atoms with E-state index in [9.17, 15) is 4.79 Å². The van der Waals surface area contributed by atoms with Gasteiger partial charge in [0.15, 0.2) is 11.5 Å². The lowest BCUT2D eigenvalue weighted by atomic mass is 10.1. The molecule has 1 aromatic rings. The Hall–Kier alpha value is -2.05. The van der Waals surface area contributed by atoms with E-state index in [0.29, 0.717) is 50.1 Å². The van der Waals surface area contributed by atoms with Gasteiger partial charge in [-0.25, -0.2) is 0 Å². The number of nitrogens with one attached hydrogen (secondary N) is 1. The summed E-state index contributed by atoms with van der Waals surface area (Å²) in [7, 11) is 0. The predicted molar refractivity (Wildman–Crippen MR) is 93.3 cm³/mol. The van der Waals surface area contributed by atoms with Crippen LogP contribution >= 0.6 is 0 Å². The molecule has 0 radical (unpaired) electrons. The summed E-state index contributed by atoms with van der Waals surface area (Å²) < 4.78 is 22.5. The van der Waals surface area contributed by atoms with Gasteiger partial charge in [0.25, 0.3) is 5.91 Å². The largest absolute Gasteiger partial charge is 0.486 e. The van der Waals surface area contributed by atoms with Crippen molar-refractivity contribution >= 4 is 5.91 Å². The minimum Gasteiger partial charge on any atom is -0.486 e. The molecule has 0 aromatic heterocycles. The van der Waals surface area contributed by atoms with Gasteiger partial charge in [0.1, 0.15) is 13.2 Å². The second-order valence-electron chi connectivity index (χ2n) is 6.46. The minimum absolute atomic E-state index is 0.0505. The van der Waals surface area contributed by atoms with E-state index in [0.717, 1.165) is 6.42 Å². The molecule has 25 heavy (non-hydrogen) atoms. The molecule has 6 nitrogen and oxygen atoms in total. The van der Waals surface area contributed by atoms with Crippen molar-refractivity contribution in [2.24, 2.45) is 0 Å². The quantitative estimate of drug-likeness (QED) is 0.828. The number of carbonyl (C=O) groups is 1. The number of allylic oxidation sites excluding steroid dienone is 1. The second-order valence-corrected chi connectivity index (χ2v) is 6.46. The molecule has 0 bridgehead atoms. The van der Waals surface area contributed by atoms with Crippen LogP contribution in [0.1, 0.15) is 30.6 Å². The van der Waals surface area contributed by atoms with Crippen LogP contribution in [0.2, 0.25) is 0 Å². The van der Waals surface area contributed by atoms with Gasteiger partial charge >= 0.3 is 0 Å². The summed E-state index contributed by atoms with van der Waals surface area (Å²) in [6, 6.07) is 5.06. The Kier molecular flexibility index (Phi) is 5.94. The monoisotopic (exact) mass is 347 g/mol. The summed E-state index contributed by atoms with van der Waals surface area (Å²) in [6.07, 6.45) is 2.75. The maximum Gasteiger partial charge on any atom is 0.251 e. The molecular formula is C19H25NO5. The number of amides is 1. The molecule has 3 rings (SSSR count). The summed E-state index contributed by atoms with van der Waals surface area (Å²) in [6.45, 7) is 6.75. The lowest BCUT2D eigenvalue weighted by Gasteiger charge is -2.32. The van der Waals surface area contributed by atoms with Gasteiger partial charge in [0.2, 0.25) is 0 Å². The van der Waals surface area contributed by atoms with Crippen LogP contribution in [0, 0.1) is 0 Å². The molecule has 1 fully saturated rings. The first-order valence-corrected chi connectivity index (χ1v) is 8.66. The van der Waals surface area contributed by atoms with E-state index in [-0.39, 0.29) is 18.1 Å². The third-order valence-electron chi connectivity index (χ3n) is 4.22. The number of fused-ring (bicyclic) bond motifs is 1. The third kappa shape index (κ3) is 4.74. The SMILES string of the molecule is CC(C)=CCO[C@@H]1CCOC[C@@H]1NC(=O)c1ccc2c(c1)OCCO2. The van der Waals surface area contributed by atoms with E-state index in [2.05, 4.69) is 5.32 Å². The van der Waals surface area contributed by atoms with Gasteiger partial charge in [-0.15, -0.1) is 0 Å². The summed E-state index contributed by atoms with van der Waals surface area (Å²) in [5.74, 6) is 1.12. The molecule has 2 aliphatic heterocycles. The Balaban J connectivity index is 1.62. The van der Waals surface area contributed by atoms with Crippen LogP contribution in [0.15, 0.2) is 29.8 Å². The normalized spacial score (nSPS) is 22.2. The van der Waals surface area contributed by atoms with Crippen molar-refractivity contribution < 1.29 is 23.7 Å². The molecule has 2 aliphatic rings. The third-order valence-corrected chi connectivity index (χ3v) is 4.22. The Morgan fingerprint density at radius 2 is 2.04 bits per heavy atom. The van der Waals surface area contributed by atoms with Gasteiger partial charge in [0.05, 0.1) is 25.4 Å². The van der Waals surface area contributed by atoms with Crippen molar-refractivity contribution in [1.82, 2.24) is 5.32 Å². The van der Waals surface area contributed by atoms with Gasteiger partial charge < -0.3 is 24.3 Å². The van der Waals surface area contributed by atoms with Gasteiger partial charge in [-0.1, -0.05) is 11.6 Å². The molecular weight excluding hydrogens is 322 g/mol. The zero-order chi connectivity index (χ0) is 17.6. The molecule has 2 atom stereocenters. The van der Waals surface area contributed by atoms with E-state index in [1.165, 1.54) is 5.57 Å². The summed E-state index contributed by atoms with van der Waals surface area (Å²) in [5, 5.41) is 3.02. The summed E-state index contributed by atoms with van der Waals surface area (Å²) >= 11 is 0. The zero-order valence-corrected chi connectivity index (χ0v) is 14.7. The lowest BCUT2D eigenvalue weighted by molar-refractivity contribution is -0.0457. The number of ether oxygens (including phenoxy) is 4. The highest BCUT2D eigenvalue weighted by molar-refractivity contribution is 5.95. The van der Waals surface area contributed by atoms with Crippen molar-refractivity contribution in [3.05, 3.63) is 35.4 Å². The van der Waals surface area contributed by atoms with Crippen molar-refractivity contribution in [1.29, 1.82) is 0 Å². The van der Waals surface area contributed by atoms with E-state index < -0.39 is 0 Å². The molecule has 0 aliphatic carbocycles. The Morgan fingerprint density at radius 1 is 1.24 bits per heavy atom. The fraction of sp³-hybridized carbons (Fsp3) is 0.526. The number of benzene rings is 1. The Morgan fingerprint density at radius 3 is 2.84 bits per heavy atom. The van der Waals surface area contributed by atoms with Crippen LogP contribution in [0.25, 0.3) is 0 Å².